The fourth-order valence-electron chi connectivity index (χ4n) is 3.26. The van der Waals surface area contributed by atoms with Crippen molar-refractivity contribution in [1.29, 1.82) is 0 Å². The maximum atomic E-state index is 15.0. The van der Waals surface area contributed by atoms with Crippen LogP contribution in [0.4, 0.5) is 4.39 Å². The molecule has 0 saturated carbocycles. The third-order valence-electron chi connectivity index (χ3n) is 4.85. The van der Waals surface area contributed by atoms with Crippen LogP contribution in [0.3, 0.4) is 0 Å². The van der Waals surface area contributed by atoms with E-state index in [-0.39, 0.29) is 19.0 Å². The van der Waals surface area contributed by atoms with Crippen LogP contribution in [0.25, 0.3) is 21.5 Å². The third kappa shape index (κ3) is 4.74. The van der Waals surface area contributed by atoms with Crippen molar-refractivity contribution in [1.82, 2.24) is 0 Å². The van der Waals surface area contributed by atoms with Gasteiger partial charge in [-0.25, -0.2) is 14.0 Å². The molecule has 0 bridgehead atoms. The van der Waals surface area contributed by atoms with Crippen molar-refractivity contribution < 1.29 is 23.5 Å². The molecule has 3 aromatic carbocycles. The minimum Gasteiger partial charge on any atom is -0.462 e. The normalized spacial score (nSPS) is 10.7. The first-order chi connectivity index (χ1) is 14.4. The van der Waals surface area contributed by atoms with E-state index in [1.165, 1.54) is 0 Å². The van der Waals surface area contributed by atoms with Crippen molar-refractivity contribution >= 4 is 33.5 Å². The number of benzene rings is 3. The molecule has 0 spiro atoms. The molecule has 3 rings (SSSR count). The van der Waals surface area contributed by atoms with Crippen LogP contribution < -0.4 is 0 Å². The number of esters is 2. The van der Waals surface area contributed by atoms with Crippen LogP contribution in [0.5, 0.6) is 0 Å². The van der Waals surface area contributed by atoms with E-state index in [4.69, 9.17) is 9.47 Å². The molecule has 154 valence electrons. The van der Waals surface area contributed by atoms with Gasteiger partial charge < -0.3 is 9.47 Å². The molecular weight excluding hydrogens is 383 g/mol. The zero-order valence-electron chi connectivity index (χ0n) is 16.9. The highest BCUT2D eigenvalue weighted by Crippen LogP contribution is 2.29. The van der Waals surface area contributed by atoms with Crippen LogP contribution >= 0.6 is 0 Å². The van der Waals surface area contributed by atoms with Gasteiger partial charge in [0.2, 0.25) is 0 Å². The van der Waals surface area contributed by atoms with Crippen molar-refractivity contribution in [3.8, 4) is 0 Å². The van der Waals surface area contributed by atoms with Crippen LogP contribution in [-0.4, -0.2) is 25.2 Å². The largest absolute Gasteiger partial charge is 0.462 e. The Bertz CT molecular complexity index is 1150. The molecule has 0 aliphatic rings. The zero-order chi connectivity index (χ0) is 21.7. The molecule has 0 saturated heterocycles. The van der Waals surface area contributed by atoms with Gasteiger partial charge >= 0.3 is 11.9 Å². The first kappa shape index (κ1) is 21.2. The maximum absolute atomic E-state index is 15.0. The quantitative estimate of drug-likeness (QED) is 0.298. The summed E-state index contributed by atoms with van der Waals surface area (Å²) in [6.07, 6.45) is 1.96. The van der Waals surface area contributed by atoms with Crippen LogP contribution in [0.1, 0.15) is 18.1 Å². The lowest BCUT2D eigenvalue weighted by Gasteiger charge is -2.11. The Balaban J connectivity index is 1.80. The number of halogens is 1. The molecule has 0 heterocycles. The molecule has 0 radical (unpaired) electrons. The molecule has 0 amide bonds. The number of fused-ring (bicyclic) bond motifs is 3. The number of carbonyl (C=O) groups excluding carboxylic acids is 2. The van der Waals surface area contributed by atoms with Gasteiger partial charge in [-0.3, -0.25) is 0 Å². The molecule has 3 aromatic rings. The lowest BCUT2D eigenvalue weighted by Crippen LogP contribution is -2.08. The number of rotatable bonds is 8. The van der Waals surface area contributed by atoms with Gasteiger partial charge in [0.15, 0.2) is 0 Å². The van der Waals surface area contributed by atoms with Gasteiger partial charge in [0.05, 0.1) is 13.2 Å². The summed E-state index contributed by atoms with van der Waals surface area (Å²) in [6.45, 7) is 8.88. The fourth-order valence-corrected chi connectivity index (χ4v) is 3.26. The molecule has 30 heavy (non-hydrogen) atoms. The summed E-state index contributed by atoms with van der Waals surface area (Å²) in [6, 6.07) is 13.2. The summed E-state index contributed by atoms with van der Waals surface area (Å²) in [5, 5.41) is 3.27. The predicted octanol–water partition coefficient (Wildman–Crippen LogP) is 5.07. The number of ether oxygens (including phenoxy) is 2. The average molecular weight is 406 g/mol. The van der Waals surface area contributed by atoms with Crippen LogP contribution in [0, 0.1) is 5.82 Å². The summed E-state index contributed by atoms with van der Waals surface area (Å²) in [5.74, 6) is -1.22. The smallest absolute Gasteiger partial charge is 0.333 e. The highest BCUT2D eigenvalue weighted by molar-refractivity contribution is 6.08. The molecule has 0 N–H and O–H groups in total. The van der Waals surface area contributed by atoms with Crippen molar-refractivity contribution in [3.63, 3.8) is 0 Å². The second-order valence-electron chi connectivity index (χ2n) is 7.04. The molecule has 0 aliphatic carbocycles. The zero-order valence-corrected chi connectivity index (χ0v) is 16.9. The Morgan fingerprint density at radius 1 is 0.967 bits per heavy atom. The minimum atomic E-state index is -0.521. The van der Waals surface area contributed by atoms with E-state index in [0.29, 0.717) is 29.4 Å². The van der Waals surface area contributed by atoms with Gasteiger partial charge in [0, 0.05) is 29.9 Å². The minimum absolute atomic E-state index is 0.0974. The summed E-state index contributed by atoms with van der Waals surface area (Å²) in [7, 11) is 0. The molecule has 0 unspecified atom stereocenters. The Morgan fingerprint density at radius 3 is 2.40 bits per heavy atom. The van der Waals surface area contributed by atoms with E-state index in [1.54, 1.807) is 19.1 Å². The van der Waals surface area contributed by atoms with E-state index in [2.05, 4.69) is 13.2 Å². The van der Waals surface area contributed by atoms with Gasteiger partial charge in [0.1, 0.15) is 5.82 Å². The summed E-state index contributed by atoms with van der Waals surface area (Å²) in [5.41, 5.74) is 1.90. The van der Waals surface area contributed by atoms with Crippen molar-refractivity contribution in [2.75, 3.05) is 13.2 Å². The van der Waals surface area contributed by atoms with Crippen LogP contribution in [0.15, 0.2) is 67.3 Å². The van der Waals surface area contributed by atoms with E-state index >= 15 is 0 Å². The molecule has 4 nitrogen and oxygen atoms in total. The lowest BCUT2D eigenvalue weighted by molar-refractivity contribution is -0.139. The lowest BCUT2D eigenvalue weighted by atomic mass is 9.97. The average Bonchev–Trinajstić information content (AvgIpc) is 2.74. The van der Waals surface area contributed by atoms with Gasteiger partial charge in [-0.05, 0) is 34.2 Å². The number of hydrogen-bond donors (Lipinski definition) is 0. The Labute approximate surface area is 174 Å². The summed E-state index contributed by atoms with van der Waals surface area (Å²) >= 11 is 0. The Hall–Kier alpha value is -3.47. The standard InChI is InChI=1S/C25H23FO4/c1-4-23(27)29-14-12-18-6-9-21-20-8-5-17(11-13-30-25(28)16(2)3)15-19(20)7-10-22(21)24(18)26/h4-10,15H,1-2,11-14H2,3H3. The summed E-state index contributed by atoms with van der Waals surface area (Å²) < 4.78 is 25.1. The Kier molecular flexibility index (Phi) is 6.62. The van der Waals surface area contributed by atoms with E-state index in [9.17, 15) is 14.0 Å². The van der Waals surface area contributed by atoms with Gasteiger partial charge in [-0.1, -0.05) is 55.6 Å². The van der Waals surface area contributed by atoms with E-state index in [0.717, 1.165) is 27.8 Å². The molecule has 0 fully saturated rings. The van der Waals surface area contributed by atoms with E-state index in [1.807, 2.05) is 30.3 Å². The third-order valence-corrected chi connectivity index (χ3v) is 4.85. The predicted molar refractivity (Wildman–Crippen MR) is 116 cm³/mol. The van der Waals surface area contributed by atoms with Crippen LogP contribution in [0.2, 0.25) is 0 Å². The fraction of sp³-hybridized carbons (Fsp3) is 0.200. The second-order valence-corrected chi connectivity index (χ2v) is 7.04. The summed E-state index contributed by atoms with van der Waals surface area (Å²) in [4.78, 5) is 22.6. The highest BCUT2D eigenvalue weighted by atomic mass is 19.1. The molecule has 5 heteroatoms. The van der Waals surface area contributed by atoms with Gasteiger partial charge in [0.25, 0.3) is 0 Å². The topological polar surface area (TPSA) is 52.6 Å². The highest BCUT2D eigenvalue weighted by Gasteiger charge is 2.11. The Morgan fingerprint density at radius 2 is 1.67 bits per heavy atom. The molecule has 0 aromatic heterocycles. The van der Waals surface area contributed by atoms with Gasteiger partial charge in [-0.2, -0.15) is 0 Å². The second kappa shape index (κ2) is 9.35. The van der Waals surface area contributed by atoms with Crippen molar-refractivity contribution in [3.05, 3.63) is 84.2 Å². The SMILES string of the molecule is C=CC(=O)OCCc1ccc2c(ccc3cc(CCOC(=O)C(=C)C)ccc32)c1F. The first-order valence-electron chi connectivity index (χ1n) is 9.65. The number of carbonyl (C=O) groups is 2. The van der Waals surface area contributed by atoms with Crippen LogP contribution in [-0.2, 0) is 31.9 Å². The monoisotopic (exact) mass is 406 g/mol. The molecular formula is C25H23FO4. The van der Waals surface area contributed by atoms with Crippen molar-refractivity contribution in [2.45, 2.75) is 19.8 Å². The van der Waals surface area contributed by atoms with Crippen molar-refractivity contribution in [2.24, 2.45) is 0 Å². The van der Waals surface area contributed by atoms with E-state index < -0.39 is 11.9 Å². The molecule has 0 aliphatic heterocycles. The maximum Gasteiger partial charge on any atom is 0.333 e. The number of hydrogen-bond acceptors (Lipinski definition) is 4. The first-order valence-corrected chi connectivity index (χ1v) is 9.65. The van der Waals surface area contributed by atoms with Gasteiger partial charge in [-0.15, -0.1) is 0 Å². The molecule has 0 atom stereocenters.